The zero-order valence-corrected chi connectivity index (χ0v) is 13.0. The van der Waals surface area contributed by atoms with Crippen LogP contribution >= 0.6 is 22.6 Å². The van der Waals surface area contributed by atoms with Crippen molar-refractivity contribution in [2.45, 2.75) is 6.92 Å². The highest BCUT2D eigenvalue weighted by atomic mass is 127. The van der Waals surface area contributed by atoms with Gasteiger partial charge in [0, 0.05) is 20.9 Å². The fraction of sp³-hybridized carbons (Fsp3) is 0.0714. The summed E-state index contributed by atoms with van der Waals surface area (Å²) in [6.07, 6.45) is 0. The van der Waals surface area contributed by atoms with Gasteiger partial charge in [0.1, 0.15) is 5.82 Å². The molecule has 108 valence electrons. The number of nitrogens with zero attached hydrogens (tertiary/aromatic N) is 1. The molecule has 2 aromatic rings. The van der Waals surface area contributed by atoms with E-state index in [1.807, 2.05) is 22.6 Å². The highest BCUT2D eigenvalue weighted by Gasteiger charge is 2.14. The highest BCUT2D eigenvalue weighted by molar-refractivity contribution is 14.1. The standard InChI is InChI=1S/C14H10FIN2O3/c1-8-6-10(3-5-13(8)18(20)21)17-14(19)11-4-2-9(15)7-12(11)16/h2-7H,1H3,(H,17,19). The molecule has 0 aliphatic heterocycles. The molecule has 2 aromatic carbocycles. The van der Waals surface area contributed by atoms with Gasteiger partial charge in [0.2, 0.25) is 0 Å². The number of hydrogen-bond donors (Lipinski definition) is 1. The van der Waals surface area contributed by atoms with Crippen molar-refractivity contribution in [3.05, 3.63) is 67.0 Å². The fourth-order valence-corrected chi connectivity index (χ4v) is 2.53. The summed E-state index contributed by atoms with van der Waals surface area (Å²) >= 11 is 1.87. The number of carbonyl (C=O) groups is 1. The lowest BCUT2D eigenvalue weighted by Crippen LogP contribution is -2.13. The Morgan fingerprint density at radius 3 is 2.57 bits per heavy atom. The van der Waals surface area contributed by atoms with Crippen LogP contribution in [0.2, 0.25) is 0 Å². The first-order valence-corrected chi connectivity index (χ1v) is 6.98. The summed E-state index contributed by atoms with van der Waals surface area (Å²) in [5, 5.41) is 13.4. The number of hydrogen-bond acceptors (Lipinski definition) is 3. The zero-order chi connectivity index (χ0) is 15.6. The van der Waals surface area contributed by atoms with E-state index in [9.17, 15) is 19.3 Å². The monoisotopic (exact) mass is 400 g/mol. The second-order valence-corrected chi connectivity index (χ2v) is 5.50. The molecule has 1 amide bonds. The number of nitro groups is 1. The molecular formula is C14H10FIN2O3. The summed E-state index contributed by atoms with van der Waals surface area (Å²) < 4.78 is 13.5. The molecule has 7 heteroatoms. The van der Waals surface area contributed by atoms with Gasteiger partial charge in [0.05, 0.1) is 10.5 Å². The van der Waals surface area contributed by atoms with E-state index in [2.05, 4.69) is 5.32 Å². The highest BCUT2D eigenvalue weighted by Crippen LogP contribution is 2.22. The van der Waals surface area contributed by atoms with Gasteiger partial charge >= 0.3 is 0 Å². The predicted molar refractivity (Wildman–Crippen MR) is 84.9 cm³/mol. The predicted octanol–water partition coefficient (Wildman–Crippen LogP) is 3.90. The van der Waals surface area contributed by atoms with Crippen molar-refractivity contribution in [3.63, 3.8) is 0 Å². The third-order valence-electron chi connectivity index (χ3n) is 2.83. The summed E-state index contributed by atoms with van der Waals surface area (Å²) in [5.41, 5.74) is 1.23. The first kappa shape index (κ1) is 15.4. The Morgan fingerprint density at radius 2 is 2.00 bits per heavy atom. The van der Waals surface area contributed by atoms with E-state index in [1.165, 1.54) is 36.4 Å². The molecular weight excluding hydrogens is 390 g/mol. The lowest BCUT2D eigenvalue weighted by molar-refractivity contribution is -0.385. The molecule has 0 unspecified atom stereocenters. The van der Waals surface area contributed by atoms with Crippen LogP contribution in [0.15, 0.2) is 36.4 Å². The molecule has 0 atom stereocenters. The van der Waals surface area contributed by atoms with Crippen molar-refractivity contribution in [1.82, 2.24) is 0 Å². The first-order chi connectivity index (χ1) is 9.88. The summed E-state index contributed by atoms with van der Waals surface area (Å²) in [6, 6.07) is 8.17. The summed E-state index contributed by atoms with van der Waals surface area (Å²) in [6.45, 7) is 1.59. The van der Waals surface area contributed by atoms with Crippen LogP contribution in [0, 0.1) is 26.4 Å². The minimum Gasteiger partial charge on any atom is -0.322 e. The van der Waals surface area contributed by atoms with Crippen LogP contribution in [-0.2, 0) is 0 Å². The van der Waals surface area contributed by atoms with E-state index < -0.39 is 16.6 Å². The summed E-state index contributed by atoms with van der Waals surface area (Å²) in [7, 11) is 0. The smallest absolute Gasteiger partial charge is 0.272 e. The van der Waals surface area contributed by atoms with E-state index in [4.69, 9.17) is 0 Å². The number of benzene rings is 2. The number of carbonyl (C=O) groups excluding carboxylic acids is 1. The third-order valence-corrected chi connectivity index (χ3v) is 3.72. The number of amides is 1. The van der Waals surface area contributed by atoms with Gasteiger partial charge in [-0.05, 0) is 59.8 Å². The molecule has 0 saturated heterocycles. The molecule has 0 heterocycles. The number of rotatable bonds is 3. The molecule has 0 radical (unpaired) electrons. The summed E-state index contributed by atoms with van der Waals surface area (Å²) in [4.78, 5) is 22.4. The number of nitrogens with one attached hydrogen (secondary N) is 1. The largest absolute Gasteiger partial charge is 0.322 e. The van der Waals surface area contributed by atoms with Gasteiger partial charge in [-0.3, -0.25) is 14.9 Å². The topological polar surface area (TPSA) is 72.2 Å². The van der Waals surface area contributed by atoms with E-state index in [0.29, 0.717) is 20.4 Å². The second kappa shape index (κ2) is 6.17. The van der Waals surface area contributed by atoms with Gasteiger partial charge in [-0.1, -0.05) is 0 Å². The van der Waals surface area contributed by atoms with Crippen LogP contribution in [0.3, 0.4) is 0 Å². The Kier molecular flexibility index (Phi) is 4.51. The SMILES string of the molecule is Cc1cc(NC(=O)c2ccc(F)cc2I)ccc1[N+](=O)[O-]. The second-order valence-electron chi connectivity index (χ2n) is 4.34. The number of aryl methyl sites for hydroxylation is 1. The molecule has 0 bridgehead atoms. The molecule has 0 aliphatic rings. The van der Waals surface area contributed by atoms with Crippen LogP contribution in [-0.4, -0.2) is 10.8 Å². The Balaban J connectivity index is 2.23. The average molecular weight is 400 g/mol. The van der Waals surface area contributed by atoms with Gasteiger partial charge in [0.25, 0.3) is 11.6 Å². The van der Waals surface area contributed by atoms with Crippen LogP contribution in [0.4, 0.5) is 15.8 Å². The van der Waals surface area contributed by atoms with E-state index >= 15 is 0 Å². The van der Waals surface area contributed by atoms with Gasteiger partial charge in [-0.15, -0.1) is 0 Å². The van der Waals surface area contributed by atoms with Crippen molar-refractivity contribution < 1.29 is 14.1 Å². The third kappa shape index (κ3) is 3.54. The van der Waals surface area contributed by atoms with E-state index in [-0.39, 0.29) is 5.69 Å². The van der Waals surface area contributed by atoms with Crippen LogP contribution in [0.25, 0.3) is 0 Å². The van der Waals surface area contributed by atoms with Gasteiger partial charge in [-0.2, -0.15) is 0 Å². The maximum Gasteiger partial charge on any atom is 0.272 e. The minimum absolute atomic E-state index is 0.00985. The average Bonchev–Trinajstić information content (AvgIpc) is 2.37. The molecule has 0 aromatic heterocycles. The van der Waals surface area contributed by atoms with E-state index in [0.717, 1.165) is 0 Å². The quantitative estimate of drug-likeness (QED) is 0.483. The van der Waals surface area contributed by atoms with Gasteiger partial charge in [-0.25, -0.2) is 4.39 Å². The fourth-order valence-electron chi connectivity index (χ4n) is 1.81. The Bertz CT molecular complexity index is 734. The van der Waals surface area contributed by atoms with Crippen LogP contribution in [0.1, 0.15) is 15.9 Å². The van der Waals surface area contributed by atoms with E-state index in [1.54, 1.807) is 6.92 Å². The maximum atomic E-state index is 13.0. The Morgan fingerprint density at radius 1 is 1.29 bits per heavy atom. The van der Waals surface area contributed by atoms with Gasteiger partial charge < -0.3 is 5.32 Å². The normalized spacial score (nSPS) is 10.2. The summed E-state index contributed by atoms with van der Waals surface area (Å²) in [5.74, 6) is -0.810. The van der Waals surface area contributed by atoms with Crippen LogP contribution < -0.4 is 5.32 Å². The molecule has 0 spiro atoms. The number of nitro benzene ring substituents is 1. The van der Waals surface area contributed by atoms with Crippen molar-refractivity contribution >= 4 is 39.9 Å². The number of anilines is 1. The van der Waals surface area contributed by atoms with Crippen LogP contribution in [0.5, 0.6) is 0 Å². The molecule has 0 fully saturated rings. The Labute approximate surface area is 133 Å². The first-order valence-electron chi connectivity index (χ1n) is 5.90. The lowest BCUT2D eigenvalue weighted by atomic mass is 10.1. The molecule has 2 rings (SSSR count). The van der Waals surface area contributed by atoms with Crippen molar-refractivity contribution in [3.8, 4) is 0 Å². The molecule has 21 heavy (non-hydrogen) atoms. The molecule has 1 N–H and O–H groups in total. The van der Waals surface area contributed by atoms with Crippen molar-refractivity contribution in [1.29, 1.82) is 0 Å². The van der Waals surface area contributed by atoms with Crippen molar-refractivity contribution in [2.24, 2.45) is 0 Å². The number of halogens is 2. The zero-order valence-electron chi connectivity index (χ0n) is 10.9. The van der Waals surface area contributed by atoms with Gasteiger partial charge in [0.15, 0.2) is 0 Å². The van der Waals surface area contributed by atoms with Crippen molar-refractivity contribution in [2.75, 3.05) is 5.32 Å². The Hall–Kier alpha value is -2.03. The molecule has 0 aliphatic carbocycles. The minimum atomic E-state index is -0.482. The maximum absolute atomic E-state index is 13.0. The molecule has 5 nitrogen and oxygen atoms in total. The lowest BCUT2D eigenvalue weighted by Gasteiger charge is -2.08. The molecule has 0 saturated carbocycles.